The molecule has 0 spiro atoms. The molecular weight excluding hydrogens is 310 g/mol. The summed E-state index contributed by atoms with van der Waals surface area (Å²) < 4.78 is 5.26. The lowest BCUT2D eigenvalue weighted by molar-refractivity contribution is 0.392. The lowest BCUT2D eigenvalue weighted by Crippen LogP contribution is -2.26. The van der Waals surface area contributed by atoms with Crippen molar-refractivity contribution >= 4 is 10.9 Å². The maximum absolute atomic E-state index is 5.26. The van der Waals surface area contributed by atoms with Gasteiger partial charge in [-0.25, -0.2) is 0 Å². The summed E-state index contributed by atoms with van der Waals surface area (Å²) >= 11 is 0. The minimum absolute atomic E-state index is 0.445. The Labute approximate surface area is 149 Å². The molecule has 0 saturated heterocycles. The smallest absolute Gasteiger partial charge is 0.137 e. The molecule has 0 saturated carbocycles. The number of aromatic nitrogens is 2. The van der Waals surface area contributed by atoms with E-state index in [0.29, 0.717) is 6.04 Å². The summed E-state index contributed by atoms with van der Waals surface area (Å²) in [5.41, 5.74) is 7.84. The Balaban J connectivity index is 1.44. The van der Waals surface area contributed by atoms with Crippen LogP contribution in [0, 0.1) is 20.8 Å². The Morgan fingerprint density at radius 2 is 2.16 bits per heavy atom. The number of nitrogens with one attached hydrogen (secondary N) is 2. The third-order valence-electron chi connectivity index (χ3n) is 5.54. The van der Waals surface area contributed by atoms with E-state index in [-0.39, 0.29) is 0 Å². The van der Waals surface area contributed by atoms with Crippen molar-refractivity contribution in [2.45, 2.75) is 58.9 Å². The van der Waals surface area contributed by atoms with Crippen LogP contribution >= 0.6 is 0 Å². The van der Waals surface area contributed by atoms with E-state index in [1.165, 1.54) is 52.5 Å². The van der Waals surface area contributed by atoms with Gasteiger partial charge in [-0.1, -0.05) is 16.8 Å². The molecule has 0 bridgehead atoms. The van der Waals surface area contributed by atoms with Crippen LogP contribution in [-0.2, 0) is 12.8 Å². The molecule has 3 aromatic rings. The van der Waals surface area contributed by atoms with Crippen molar-refractivity contribution in [3.05, 3.63) is 52.0 Å². The van der Waals surface area contributed by atoms with E-state index >= 15 is 0 Å². The van der Waals surface area contributed by atoms with Crippen LogP contribution in [0.15, 0.2) is 22.7 Å². The summed E-state index contributed by atoms with van der Waals surface area (Å²) in [6.45, 7) is 7.22. The topological polar surface area (TPSA) is 53.9 Å². The normalized spacial score (nSPS) is 17.2. The van der Waals surface area contributed by atoms with Gasteiger partial charge in [-0.05, 0) is 77.1 Å². The highest BCUT2D eigenvalue weighted by molar-refractivity contribution is 5.85. The fourth-order valence-corrected chi connectivity index (χ4v) is 4.18. The Kier molecular flexibility index (Phi) is 4.38. The highest BCUT2D eigenvalue weighted by Crippen LogP contribution is 2.35. The van der Waals surface area contributed by atoms with E-state index in [9.17, 15) is 0 Å². The van der Waals surface area contributed by atoms with Gasteiger partial charge in [0.15, 0.2) is 0 Å². The number of hydrogen-bond donors (Lipinski definition) is 2. The number of H-pyrrole nitrogens is 1. The molecule has 1 aliphatic rings. The predicted octanol–water partition coefficient (Wildman–Crippen LogP) is 4.68. The molecule has 25 heavy (non-hydrogen) atoms. The average molecular weight is 337 g/mol. The van der Waals surface area contributed by atoms with Gasteiger partial charge >= 0.3 is 0 Å². The predicted molar refractivity (Wildman–Crippen MR) is 101 cm³/mol. The largest absolute Gasteiger partial charge is 0.361 e. The zero-order valence-electron chi connectivity index (χ0n) is 15.4. The zero-order valence-corrected chi connectivity index (χ0v) is 15.4. The van der Waals surface area contributed by atoms with Gasteiger partial charge in [-0.2, -0.15) is 0 Å². The fourth-order valence-electron chi connectivity index (χ4n) is 4.18. The standard InChI is InChI=1S/C21H27N3O/c1-13-9-10-19-18(12-13)17-6-4-8-20(21(17)23-19)22-11-5-7-16-14(2)24-25-15(16)3/h9-10,12,20,22-23H,4-8,11H2,1-3H3/t20-/m0/s1. The van der Waals surface area contributed by atoms with Crippen LogP contribution < -0.4 is 5.32 Å². The van der Waals surface area contributed by atoms with Crippen LogP contribution in [0.4, 0.5) is 0 Å². The van der Waals surface area contributed by atoms with Crippen molar-refractivity contribution in [3.63, 3.8) is 0 Å². The second-order valence-corrected chi connectivity index (χ2v) is 7.37. The summed E-state index contributed by atoms with van der Waals surface area (Å²) in [5, 5.41) is 9.23. The van der Waals surface area contributed by atoms with Crippen LogP contribution in [0.5, 0.6) is 0 Å². The first-order chi connectivity index (χ1) is 12.1. The molecule has 132 valence electrons. The first-order valence-corrected chi connectivity index (χ1v) is 9.39. The minimum atomic E-state index is 0.445. The molecule has 4 heteroatoms. The van der Waals surface area contributed by atoms with Crippen molar-refractivity contribution in [2.75, 3.05) is 6.54 Å². The highest BCUT2D eigenvalue weighted by Gasteiger charge is 2.23. The van der Waals surface area contributed by atoms with Crippen molar-refractivity contribution in [2.24, 2.45) is 0 Å². The van der Waals surface area contributed by atoms with Gasteiger partial charge in [0.05, 0.1) is 5.69 Å². The van der Waals surface area contributed by atoms with Crippen LogP contribution in [0.25, 0.3) is 10.9 Å². The summed E-state index contributed by atoms with van der Waals surface area (Å²) in [5.74, 6) is 0.962. The van der Waals surface area contributed by atoms with E-state index in [2.05, 4.69) is 40.6 Å². The van der Waals surface area contributed by atoms with Gasteiger partial charge < -0.3 is 14.8 Å². The van der Waals surface area contributed by atoms with Crippen LogP contribution in [0.3, 0.4) is 0 Å². The molecule has 1 aromatic carbocycles. The second-order valence-electron chi connectivity index (χ2n) is 7.37. The van der Waals surface area contributed by atoms with Crippen LogP contribution in [-0.4, -0.2) is 16.7 Å². The Hall–Kier alpha value is -2.07. The van der Waals surface area contributed by atoms with Gasteiger partial charge in [0.1, 0.15) is 5.76 Å². The first kappa shape index (κ1) is 16.4. The highest BCUT2D eigenvalue weighted by atomic mass is 16.5. The molecule has 2 heterocycles. The zero-order chi connectivity index (χ0) is 17.4. The van der Waals surface area contributed by atoms with Gasteiger partial charge in [0.2, 0.25) is 0 Å². The monoisotopic (exact) mass is 337 g/mol. The third-order valence-corrected chi connectivity index (χ3v) is 5.54. The number of rotatable bonds is 5. The summed E-state index contributed by atoms with van der Waals surface area (Å²) in [6, 6.07) is 7.18. The van der Waals surface area contributed by atoms with Crippen LogP contribution in [0.2, 0.25) is 0 Å². The van der Waals surface area contributed by atoms with E-state index in [4.69, 9.17) is 4.52 Å². The second kappa shape index (κ2) is 6.68. The molecule has 1 aliphatic carbocycles. The number of aromatic amines is 1. The van der Waals surface area contributed by atoms with E-state index < -0.39 is 0 Å². The third kappa shape index (κ3) is 3.11. The fraction of sp³-hybridized carbons (Fsp3) is 0.476. The Bertz CT molecular complexity index is 871. The number of fused-ring (bicyclic) bond motifs is 3. The number of benzene rings is 1. The number of hydrogen-bond acceptors (Lipinski definition) is 3. The molecule has 2 N–H and O–H groups in total. The van der Waals surface area contributed by atoms with Crippen molar-refractivity contribution in [3.8, 4) is 0 Å². The van der Waals surface area contributed by atoms with Gasteiger partial charge in [-0.15, -0.1) is 0 Å². The summed E-state index contributed by atoms with van der Waals surface area (Å²) in [4.78, 5) is 3.68. The van der Waals surface area contributed by atoms with Crippen molar-refractivity contribution in [1.82, 2.24) is 15.5 Å². The molecule has 4 nitrogen and oxygen atoms in total. The van der Waals surface area contributed by atoms with E-state index in [1.54, 1.807) is 0 Å². The van der Waals surface area contributed by atoms with Gasteiger partial charge in [0, 0.05) is 28.2 Å². The maximum Gasteiger partial charge on any atom is 0.137 e. The van der Waals surface area contributed by atoms with Crippen molar-refractivity contribution in [1.29, 1.82) is 0 Å². The van der Waals surface area contributed by atoms with Crippen LogP contribution in [0.1, 0.15) is 59.1 Å². The van der Waals surface area contributed by atoms with E-state index in [1.807, 2.05) is 13.8 Å². The quantitative estimate of drug-likeness (QED) is 0.665. The molecule has 0 radical (unpaired) electrons. The molecule has 0 unspecified atom stereocenters. The molecule has 1 atom stereocenters. The molecule has 4 rings (SSSR count). The minimum Gasteiger partial charge on any atom is -0.361 e. The molecule has 0 amide bonds. The summed E-state index contributed by atoms with van der Waals surface area (Å²) in [7, 11) is 0. The molecule has 0 fully saturated rings. The maximum atomic E-state index is 5.26. The Morgan fingerprint density at radius 3 is 2.96 bits per heavy atom. The lowest BCUT2D eigenvalue weighted by atomic mass is 9.91. The average Bonchev–Trinajstić information content (AvgIpc) is 3.13. The first-order valence-electron chi connectivity index (χ1n) is 9.39. The van der Waals surface area contributed by atoms with Crippen molar-refractivity contribution < 1.29 is 4.52 Å². The number of nitrogens with zero attached hydrogens (tertiary/aromatic N) is 1. The Morgan fingerprint density at radius 1 is 1.28 bits per heavy atom. The molecule has 0 aliphatic heterocycles. The summed E-state index contributed by atoms with van der Waals surface area (Å²) in [6.07, 6.45) is 5.79. The molecular formula is C21H27N3O. The van der Waals surface area contributed by atoms with E-state index in [0.717, 1.165) is 30.8 Å². The molecule has 2 aromatic heterocycles. The van der Waals surface area contributed by atoms with Gasteiger partial charge in [0.25, 0.3) is 0 Å². The number of aryl methyl sites for hydroxylation is 4. The lowest BCUT2D eigenvalue weighted by Gasteiger charge is -2.24. The SMILES string of the molecule is Cc1ccc2[nH]c3c(c2c1)CCC[C@@H]3NCCCc1c(C)noc1C. The van der Waals surface area contributed by atoms with Gasteiger partial charge in [-0.3, -0.25) is 0 Å².